The molecule has 1 aliphatic carbocycles. The highest BCUT2D eigenvalue weighted by atomic mass is 79.9. The number of nitrogens with one attached hydrogen (secondary N) is 1. The molecule has 1 amide bonds. The third-order valence-corrected chi connectivity index (χ3v) is 5.62. The van der Waals surface area contributed by atoms with E-state index in [9.17, 15) is 4.79 Å². The Morgan fingerprint density at radius 3 is 2.52 bits per heavy atom. The van der Waals surface area contributed by atoms with E-state index < -0.39 is 0 Å². The van der Waals surface area contributed by atoms with Crippen LogP contribution in [0.5, 0.6) is 0 Å². The van der Waals surface area contributed by atoms with Crippen LogP contribution in [0.4, 0.5) is 5.69 Å². The van der Waals surface area contributed by atoms with E-state index in [0.29, 0.717) is 6.54 Å². The highest BCUT2D eigenvalue weighted by Gasteiger charge is 2.50. The Bertz CT molecular complexity index is 647. The summed E-state index contributed by atoms with van der Waals surface area (Å²) in [6.07, 6.45) is 2.72. The summed E-state index contributed by atoms with van der Waals surface area (Å²) in [5.74, 6) is 0.142. The summed E-state index contributed by atoms with van der Waals surface area (Å²) in [4.78, 5) is 13.7. The zero-order chi connectivity index (χ0) is 14.9. The first-order chi connectivity index (χ1) is 10.1. The van der Waals surface area contributed by atoms with E-state index in [2.05, 4.69) is 27.3 Å². The van der Waals surface area contributed by atoms with Crippen LogP contribution in [0.1, 0.15) is 23.3 Å². The number of hydrogen-bond donors (Lipinski definition) is 2. The maximum atomic E-state index is 12.5. The summed E-state index contributed by atoms with van der Waals surface area (Å²) >= 11 is 5.16. The predicted octanol–water partition coefficient (Wildman–Crippen LogP) is 3.48. The summed E-state index contributed by atoms with van der Waals surface area (Å²) in [6, 6.07) is 11.8. The van der Waals surface area contributed by atoms with Crippen molar-refractivity contribution in [2.75, 3.05) is 12.3 Å². The second-order valence-corrected chi connectivity index (χ2v) is 7.96. The second kappa shape index (κ2) is 5.81. The first-order valence-electron chi connectivity index (χ1n) is 6.99. The number of anilines is 1. The molecule has 3 rings (SSSR count). The molecule has 110 valence electrons. The molecule has 0 bridgehead atoms. The highest BCUT2D eigenvalue weighted by Crippen LogP contribution is 2.48. The molecule has 1 saturated carbocycles. The van der Waals surface area contributed by atoms with Crippen molar-refractivity contribution in [3.8, 4) is 0 Å². The molecule has 2 aromatic rings. The molecule has 1 fully saturated rings. The van der Waals surface area contributed by atoms with Crippen molar-refractivity contribution in [1.82, 2.24) is 5.32 Å². The Kier molecular flexibility index (Phi) is 4.04. The number of hydrogen-bond acceptors (Lipinski definition) is 3. The first kappa shape index (κ1) is 14.6. The molecule has 0 radical (unpaired) electrons. The molecule has 1 aromatic heterocycles. The van der Waals surface area contributed by atoms with Crippen LogP contribution in [0, 0.1) is 0 Å². The van der Waals surface area contributed by atoms with Gasteiger partial charge in [-0.1, -0.05) is 12.1 Å². The Morgan fingerprint density at radius 1 is 1.24 bits per heavy atom. The van der Waals surface area contributed by atoms with Crippen molar-refractivity contribution in [3.05, 3.63) is 50.6 Å². The summed E-state index contributed by atoms with van der Waals surface area (Å²) < 4.78 is 1.13. The van der Waals surface area contributed by atoms with Crippen LogP contribution in [0.2, 0.25) is 0 Å². The largest absolute Gasteiger partial charge is 0.399 e. The minimum atomic E-state index is -0.316. The molecule has 3 nitrogen and oxygen atoms in total. The van der Waals surface area contributed by atoms with Crippen LogP contribution in [-0.2, 0) is 16.6 Å². The summed E-state index contributed by atoms with van der Waals surface area (Å²) in [6.45, 7) is 0.683. The first-order valence-corrected chi connectivity index (χ1v) is 8.60. The van der Waals surface area contributed by atoms with Gasteiger partial charge in [0.2, 0.25) is 5.91 Å². The van der Waals surface area contributed by atoms with E-state index in [0.717, 1.165) is 34.3 Å². The zero-order valence-corrected chi connectivity index (χ0v) is 14.0. The average Bonchev–Trinajstić information content (AvgIpc) is 3.18. The highest BCUT2D eigenvalue weighted by molar-refractivity contribution is 9.11. The summed E-state index contributed by atoms with van der Waals surface area (Å²) in [7, 11) is 0. The average molecular weight is 365 g/mol. The predicted molar refractivity (Wildman–Crippen MR) is 90.5 cm³/mol. The van der Waals surface area contributed by atoms with Gasteiger partial charge in [0.25, 0.3) is 0 Å². The number of nitrogens with two attached hydrogens (primary N) is 1. The fourth-order valence-electron chi connectivity index (χ4n) is 2.53. The van der Waals surface area contributed by atoms with E-state index in [1.165, 1.54) is 4.88 Å². The van der Waals surface area contributed by atoms with Crippen molar-refractivity contribution in [2.24, 2.45) is 0 Å². The third kappa shape index (κ3) is 3.14. The maximum Gasteiger partial charge on any atom is 0.230 e. The van der Waals surface area contributed by atoms with Crippen LogP contribution in [0.15, 0.2) is 40.2 Å². The molecule has 5 heteroatoms. The normalized spacial score (nSPS) is 15.7. The van der Waals surface area contributed by atoms with Gasteiger partial charge in [-0.15, -0.1) is 11.3 Å². The van der Waals surface area contributed by atoms with Gasteiger partial charge in [0.1, 0.15) is 0 Å². The number of thiophene rings is 1. The van der Waals surface area contributed by atoms with Crippen molar-refractivity contribution in [1.29, 1.82) is 0 Å². The van der Waals surface area contributed by atoms with E-state index >= 15 is 0 Å². The molecule has 0 unspecified atom stereocenters. The lowest BCUT2D eigenvalue weighted by Crippen LogP contribution is -2.35. The molecule has 0 saturated heterocycles. The topological polar surface area (TPSA) is 55.1 Å². The lowest BCUT2D eigenvalue weighted by atomic mass is 9.95. The number of carbonyl (C=O) groups excluding carboxylic acids is 1. The number of benzene rings is 1. The fourth-order valence-corrected chi connectivity index (χ4v) is 4.01. The SMILES string of the molecule is Nc1ccc(C2(C(=O)NCCc3ccc(Br)s3)CC2)cc1. The van der Waals surface area contributed by atoms with E-state index in [4.69, 9.17) is 5.73 Å². The Hall–Kier alpha value is -1.33. The number of amides is 1. The third-order valence-electron chi connectivity index (χ3n) is 3.93. The van der Waals surface area contributed by atoms with Crippen molar-refractivity contribution in [3.63, 3.8) is 0 Å². The smallest absolute Gasteiger partial charge is 0.230 e. The summed E-state index contributed by atoms with van der Waals surface area (Å²) in [5, 5.41) is 3.08. The molecule has 3 N–H and O–H groups in total. The molecular weight excluding hydrogens is 348 g/mol. The van der Waals surface area contributed by atoms with Crippen molar-refractivity contribution < 1.29 is 4.79 Å². The van der Waals surface area contributed by atoms with Gasteiger partial charge >= 0.3 is 0 Å². The molecular formula is C16H17BrN2OS. The van der Waals surface area contributed by atoms with Gasteiger partial charge in [0, 0.05) is 17.1 Å². The number of rotatable bonds is 5. The van der Waals surface area contributed by atoms with E-state index in [-0.39, 0.29) is 11.3 Å². The quantitative estimate of drug-likeness (QED) is 0.797. The minimum Gasteiger partial charge on any atom is -0.399 e. The van der Waals surface area contributed by atoms with Crippen LogP contribution in [0.3, 0.4) is 0 Å². The molecule has 1 aromatic carbocycles. The molecule has 0 aliphatic heterocycles. The maximum absolute atomic E-state index is 12.5. The Labute approximate surface area is 136 Å². The standard InChI is InChI=1S/C16H17BrN2OS/c17-14-6-5-13(21-14)7-10-19-15(20)16(8-9-16)11-1-3-12(18)4-2-11/h1-6H,7-10,18H2,(H,19,20). The van der Waals surface area contributed by atoms with Gasteiger partial charge in [-0.2, -0.15) is 0 Å². The van der Waals surface area contributed by atoms with E-state index in [1.807, 2.05) is 30.3 Å². The van der Waals surface area contributed by atoms with Gasteiger partial charge in [-0.05, 0) is 65.0 Å². The van der Waals surface area contributed by atoms with Crippen LogP contribution in [0.25, 0.3) is 0 Å². The van der Waals surface area contributed by atoms with Crippen LogP contribution < -0.4 is 11.1 Å². The lowest BCUT2D eigenvalue weighted by Gasteiger charge is -2.15. The molecule has 0 atom stereocenters. The fraction of sp³-hybridized carbons (Fsp3) is 0.312. The Morgan fingerprint density at radius 2 is 1.95 bits per heavy atom. The minimum absolute atomic E-state index is 0.142. The number of nitrogen functional groups attached to an aromatic ring is 1. The molecule has 1 aliphatic rings. The summed E-state index contributed by atoms with van der Waals surface area (Å²) in [5.41, 5.74) is 7.21. The van der Waals surface area contributed by atoms with Gasteiger partial charge in [0.05, 0.1) is 9.20 Å². The number of carbonyl (C=O) groups is 1. The monoisotopic (exact) mass is 364 g/mol. The van der Waals surface area contributed by atoms with Gasteiger partial charge in [-0.3, -0.25) is 4.79 Å². The molecule has 21 heavy (non-hydrogen) atoms. The van der Waals surface area contributed by atoms with Crippen LogP contribution >= 0.6 is 27.3 Å². The van der Waals surface area contributed by atoms with Gasteiger partial charge < -0.3 is 11.1 Å². The molecule has 1 heterocycles. The van der Waals surface area contributed by atoms with Crippen molar-refractivity contribution in [2.45, 2.75) is 24.7 Å². The van der Waals surface area contributed by atoms with Gasteiger partial charge in [-0.25, -0.2) is 0 Å². The van der Waals surface area contributed by atoms with Gasteiger partial charge in [0.15, 0.2) is 0 Å². The van der Waals surface area contributed by atoms with Crippen LogP contribution in [-0.4, -0.2) is 12.5 Å². The lowest BCUT2D eigenvalue weighted by molar-refractivity contribution is -0.123. The number of halogens is 1. The zero-order valence-electron chi connectivity index (χ0n) is 11.6. The van der Waals surface area contributed by atoms with Crippen molar-refractivity contribution >= 4 is 38.9 Å². The van der Waals surface area contributed by atoms with E-state index in [1.54, 1.807) is 11.3 Å². The Balaban J connectivity index is 1.59. The molecule has 0 spiro atoms. The second-order valence-electron chi connectivity index (χ2n) is 5.42.